The Morgan fingerprint density at radius 3 is 2.71 bits per heavy atom. The molecule has 0 atom stereocenters. The Morgan fingerprint density at radius 1 is 1.11 bits per heavy atom. The van der Waals surface area contributed by atoms with Gasteiger partial charge in [-0.05, 0) is 24.3 Å². The standard InChI is InChI=1S/C21H19N3O3S/c1-26-16-7-4-8-18-19(16)22-21(28-18)24-11-9-23(10-12-24)20(25)17-13-14-5-2-3-6-15(14)27-17/h2-8,13H,9-12H2,1H3. The predicted octanol–water partition coefficient (Wildman–Crippen LogP) is 4.01. The molecule has 28 heavy (non-hydrogen) atoms. The number of ether oxygens (including phenoxy) is 1. The normalized spacial score (nSPS) is 14.8. The van der Waals surface area contributed by atoms with Gasteiger partial charge in [0.15, 0.2) is 10.9 Å². The minimum atomic E-state index is -0.0539. The smallest absolute Gasteiger partial charge is 0.289 e. The molecule has 0 N–H and O–H groups in total. The molecular weight excluding hydrogens is 374 g/mol. The zero-order chi connectivity index (χ0) is 19.1. The number of piperazine rings is 1. The molecule has 4 aromatic rings. The Bertz CT molecular complexity index is 1130. The maximum absolute atomic E-state index is 12.8. The molecular formula is C21H19N3O3S. The number of aromatic nitrogens is 1. The molecule has 1 fully saturated rings. The fourth-order valence-corrected chi connectivity index (χ4v) is 4.59. The number of carbonyl (C=O) groups excluding carboxylic acids is 1. The van der Waals surface area contributed by atoms with E-state index in [-0.39, 0.29) is 5.91 Å². The number of furan rings is 1. The number of rotatable bonds is 3. The summed E-state index contributed by atoms with van der Waals surface area (Å²) in [4.78, 5) is 21.7. The molecule has 6 nitrogen and oxygen atoms in total. The average molecular weight is 393 g/mol. The van der Waals surface area contributed by atoms with Crippen molar-refractivity contribution in [3.63, 3.8) is 0 Å². The molecule has 142 valence electrons. The molecule has 0 spiro atoms. The van der Waals surface area contributed by atoms with Gasteiger partial charge in [-0.1, -0.05) is 35.6 Å². The number of methoxy groups -OCH3 is 1. The molecule has 5 rings (SSSR count). The lowest BCUT2D eigenvalue weighted by atomic mass is 10.2. The first-order chi connectivity index (χ1) is 13.7. The highest BCUT2D eigenvalue weighted by molar-refractivity contribution is 7.22. The molecule has 7 heteroatoms. The zero-order valence-corrected chi connectivity index (χ0v) is 16.2. The van der Waals surface area contributed by atoms with E-state index in [9.17, 15) is 4.79 Å². The molecule has 0 saturated carbocycles. The first-order valence-corrected chi connectivity index (χ1v) is 10.0. The van der Waals surface area contributed by atoms with E-state index in [1.165, 1.54) is 0 Å². The summed E-state index contributed by atoms with van der Waals surface area (Å²) in [7, 11) is 1.66. The van der Waals surface area contributed by atoms with E-state index in [0.29, 0.717) is 18.8 Å². The van der Waals surface area contributed by atoms with Crippen molar-refractivity contribution >= 4 is 43.6 Å². The molecule has 0 aliphatic carbocycles. The third-order valence-corrected chi connectivity index (χ3v) is 6.15. The maximum atomic E-state index is 12.8. The number of carbonyl (C=O) groups is 1. The number of hydrogen-bond donors (Lipinski definition) is 0. The summed E-state index contributed by atoms with van der Waals surface area (Å²) in [6.45, 7) is 2.77. The zero-order valence-electron chi connectivity index (χ0n) is 15.4. The lowest BCUT2D eigenvalue weighted by Crippen LogP contribution is -2.48. The highest BCUT2D eigenvalue weighted by Crippen LogP contribution is 2.34. The minimum absolute atomic E-state index is 0.0539. The molecule has 1 aliphatic heterocycles. The highest BCUT2D eigenvalue weighted by Gasteiger charge is 2.26. The van der Waals surface area contributed by atoms with Crippen LogP contribution in [-0.2, 0) is 0 Å². The highest BCUT2D eigenvalue weighted by atomic mass is 32.1. The largest absolute Gasteiger partial charge is 0.494 e. The van der Waals surface area contributed by atoms with E-state index >= 15 is 0 Å². The van der Waals surface area contributed by atoms with Crippen LogP contribution in [0.25, 0.3) is 21.2 Å². The van der Waals surface area contributed by atoms with E-state index in [1.54, 1.807) is 18.4 Å². The van der Waals surface area contributed by atoms with Crippen LogP contribution in [0.15, 0.2) is 52.9 Å². The molecule has 3 heterocycles. The Morgan fingerprint density at radius 2 is 1.93 bits per heavy atom. The van der Waals surface area contributed by atoms with E-state index in [4.69, 9.17) is 14.1 Å². The van der Waals surface area contributed by atoms with Crippen LogP contribution in [0, 0.1) is 0 Å². The van der Waals surface area contributed by atoms with E-state index in [0.717, 1.165) is 45.2 Å². The number of fused-ring (bicyclic) bond motifs is 2. The van der Waals surface area contributed by atoms with Crippen molar-refractivity contribution in [2.75, 3.05) is 38.2 Å². The summed E-state index contributed by atoms with van der Waals surface area (Å²) >= 11 is 1.66. The van der Waals surface area contributed by atoms with Gasteiger partial charge in [0.25, 0.3) is 5.91 Å². The van der Waals surface area contributed by atoms with Gasteiger partial charge in [0.1, 0.15) is 16.8 Å². The Hall–Kier alpha value is -3.06. The van der Waals surface area contributed by atoms with Crippen molar-refractivity contribution in [3.05, 3.63) is 54.3 Å². The fourth-order valence-electron chi connectivity index (χ4n) is 3.56. The third kappa shape index (κ3) is 2.88. The quantitative estimate of drug-likeness (QED) is 0.526. The lowest BCUT2D eigenvalue weighted by molar-refractivity contribution is 0.0717. The Balaban J connectivity index is 1.31. The van der Waals surface area contributed by atoms with Gasteiger partial charge >= 0.3 is 0 Å². The van der Waals surface area contributed by atoms with Crippen molar-refractivity contribution in [2.24, 2.45) is 0 Å². The number of anilines is 1. The monoisotopic (exact) mass is 393 g/mol. The summed E-state index contributed by atoms with van der Waals surface area (Å²) < 4.78 is 12.3. The SMILES string of the molecule is COc1cccc2sc(N3CCN(C(=O)c4cc5ccccc5o4)CC3)nc12. The molecule has 2 aromatic heterocycles. The second kappa shape index (κ2) is 6.83. The van der Waals surface area contributed by atoms with E-state index in [1.807, 2.05) is 47.4 Å². The summed E-state index contributed by atoms with van der Waals surface area (Å²) in [6.07, 6.45) is 0. The van der Waals surface area contributed by atoms with Crippen LogP contribution in [0.4, 0.5) is 5.13 Å². The van der Waals surface area contributed by atoms with Crippen LogP contribution < -0.4 is 9.64 Å². The second-order valence-electron chi connectivity index (χ2n) is 6.73. The van der Waals surface area contributed by atoms with Crippen LogP contribution in [0.2, 0.25) is 0 Å². The molecule has 0 radical (unpaired) electrons. The van der Waals surface area contributed by atoms with Crippen LogP contribution >= 0.6 is 11.3 Å². The van der Waals surface area contributed by atoms with Crippen LogP contribution in [0.1, 0.15) is 10.6 Å². The first kappa shape index (κ1) is 17.1. The van der Waals surface area contributed by atoms with Gasteiger partial charge in [-0.25, -0.2) is 4.98 Å². The van der Waals surface area contributed by atoms with E-state index in [2.05, 4.69) is 11.0 Å². The molecule has 2 aromatic carbocycles. The van der Waals surface area contributed by atoms with E-state index < -0.39 is 0 Å². The number of amides is 1. The molecule has 1 aliphatic rings. The van der Waals surface area contributed by atoms with Gasteiger partial charge in [0.2, 0.25) is 0 Å². The van der Waals surface area contributed by atoms with Crippen molar-refractivity contribution in [1.29, 1.82) is 0 Å². The van der Waals surface area contributed by atoms with Crippen LogP contribution in [0.5, 0.6) is 5.75 Å². The number of benzene rings is 2. The summed E-state index contributed by atoms with van der Waals surface area (Å²) in [5, 5.41) is 1.92. The predicted molar refractivity (Wildman–Crippen MR) is 111 cm³/mol. The van der Waals surface area contributed by atoms with Gasteiger partial charge in [0, 0.05) is 31.6 Å². The van der Waals surface area contributed by atoms with Crippen LogP contribution in [0.3, 0.4) is 0 Å². The number of para-hydroxylation sites is 2. The number of nitrogens with zero attached hydrogens (tertiary/aromatic N) is 3. The van der Waals surface area contributed by atoms with Gasteiger partial charge in [-0.15, -0.1) is 0 Å². The average Bonchev–Trinajstić information content (AvgIpc) is 3.37. The first-order valence-electron chi connectivity index (χ1n) is 9.19. The fraction of sp³-hybridized carbons (Fsp3) is 0.238. The van der Waals surface area contributed by atoms with Crippen LogP contribution in [-0.4, -0.2) is 49.1 Å². The molecule has 0 unspecified atom stereocenters. The molecule has 1 amide bonds. The van der Waals surface area contributed by atoms with Crippen molar-refractivity contribution in [2.45, 2.75) is 0 Å². The Kier molecular flexibility index (Phi) is 4.16. The van der Waals surface area contributed by atoms with Gasteiger partial charge < -0.3 is 19.0 Å². The van der Waals surface area contributed by atoms with Crippen molar-refractivity contribution < 1.29 is 13.9 Å². The maximum Gasteiger partial charge on any atom is 0.289 e. The summed E-state index contributed by atoms with van der Waals surface area (Å²) in [5.74, 6) is 1.14. The third-order valence-electron chi connectivity index (χ3n) is 5.06. The van der Waals surface area contributed by atoms with Crippen molar-refractivity contribution in [3.8, 4) is 5.75 Å². The van der Waals surface area contributed by atoms with Gasteiger partial charge in [-0.3, -0.25) is 4.79 Å². The summed E-state index contributed by atoms with van der Waals surface area (Å²) in [6, 6.07) is 15.5. The number of thiazole rings is 1. The minimum Gasteiger partial charge on any atom is -0.494 e. The number of hydrogen-bond acceptors (Lipinski definition) is 6. The van der Waals surface area contributed by atoms with Gasteiger partial charge in [-0.2, -0.15) is 0 Å². The summed E-state index contributed by atoms with van der Waals surface area (Å²) in [5.41, 5.74) is 1.64. The molecule has 1 saturated heterocycles. The topological polar surface area (TPSA) is 58.8 Å². The second-order valence-corrected chi connectivity index (χ2v) is 7.74. The molecule has 0 bridgehead atoms. The lowest BCUT2D eigenvalue weighted by Gasteiger charge is -2.34. The Labute approximate surface area is 165 Å². The van der Waals surface area contributed by atoms with Gasteiger partial charge in [0.05, 0.1) is 11.8 Å². The van der Waals surface area contributed by atoms with Crippen molar-refractivity contribution in [1.82, 2.24) is 9.88 Å².